The molecule has 12 heavy (non-hydrogen) atoms. The Kier molecular flexibility index (Phi) is 1.71. The van der Waals surface area contributed by atoms with Crippen molar-refractivity contribution in [3.63, 3.8) is 0 Å². The molecule has 1 heteroatoms. The zero-order valence-electron chi connectivity index (χ0n) is 6.99. The molecule has 0 aliphatic carbocycles. The topological polar surface area (TPSA) is 4.93 Å². The average molecular weight is 156 g/mol. The van der Waals surface area contributed by atoms with Crippen LogP contribution in [0.5, 0.6) is 0 Å². The number of aromatic nitrogens is 1. The first-order valence-electron chi connectivity index (χ1n) is 3.98. The van der Waals surface area contributed by atoms with E-state index in [1.165, 1.54) is 5.56 Å². The van der Waals surface area contributed by atoms with Crippen molar-refractivity contribution in [2.45, 2.75) is 6.92 Å². The van der Waals surface area contributed by atoms with Gasteiger partial charge in [0.15, 0.2) is 0 Å². The molecule has 0 fully saturated rings. The summed E-state index contributed by atoms with van der Waals surface area (Å²) < 4.78 is 2.04. The number of benzene rings is 1. The van der Waals surface area contributed by atoms with Crippen molar-refractivity contribution in [3.05, 3.63) is 54.4 Å². The van der Waals surface area contributed by atoms with Crippen LogP contribution in [0.25, 0.3) is 5.69 Å². The quantitative estimate of drug-likeness (QED) is 0.598. The molecular weight excluding hydrogens is 146 g/mol. The molecule has 0 aliphatic heterocycles. The highest BCUT2D eigenvalue weighted by Crippen LogP contribution is 2.07. The summed E-state index contributed by atoms with van der Waals surface area (Å²) in [6.07, 6.45) is 4.03. The third-order valence-electron chi connectivity index (χ3n) is 1.83. The number of rotatable bonds is 1. The monoisotopic (exact) mass is 156 g/mol. The van der Waals surface area contributed by atoms with Gasteiger partial charge in [0, 0.05) is 18.5 Å². The van der Waals surface area contributed by atoms with E-state index in [1.807, 2.05) is 35.2 Å². The second-order valence-electron chi connectivity index (χ2n) is 2.84. The number of aryl methyl sites for hydroxylation is 1. The molecule has 1 heterocycles. The predicted octanol–water partition coefficient (Wildman–Crippen LogP) is 2.59. The van der Waals surface area contributed by atoms with Crippen LogP contribution in [-0.4, -0.2) is 4.57 Å². The third kappa shape index (κ3) is 1.26. The molecule has 1 nitrogen and oxygen atoms in total. The summed E-state index contributed by atoms with van der Waals surface area (Å²) >= 11 is 0. The van der Waals surface area contributed by atoms with Gasteiger partial charge in [0.25, 0.3) is 0 Å². The first kappa shape index (κ1) is 7.17. The Balaban J connectivity index is 2.43. The summed E-state index contributed by atoms with van der Waals surface area (Å²) in [5.74, 6) is 0. The first-order valence-corrected chi connectivity index (χ1v) is 3.98. The van der Waals surface area contributed by atoms with E-state index in [4.69, 9.17) is 0 Å². The first-order chi connectivity index (χ1) is 5.86. The normalized spacial score (nSPS) is 10.1. The standard InChI is InChI=1S/C11H10N/c1-10-4-6-11(7-5-10)12-8-2-3-9-12/h2-6,8-9H,1H3. The lowest BCUT2D eigenvalue weighted by Gasteiger charge is -2.01. The van der Waals surface area contributed by atoms with Crippen LogP contribution >= 0.6 is 0 Å². The minimum Gasteiger partial charge on any atom is -0.323 e. The van der Waals surface area contributed by atoms with Crippen LogP contribution in [0.4, 0.5) is 0 Å². The SMILES string of the molecule is Cc1c[c]c(-n2cccc2)cc1. The van der Waals surface area contributed by atoms with Gasteiger partial charge in [-0.05, 0) is 31.2 Å². The Labute approximate surface area is 72.3 Å². The van der Waals surface area contributed by atoms with E-state index >= 15 is 0 Å². The summed E-state index contributed by atoms with van der Waals surface area (Å²) in [5.41, 5.74) is 2.33. The van der Waals surface area contributed by atoms with E-state index in [2.05, 4.69) is 25.1 Å². The zero-order valence-corrected chi connectivity index (χ0v) is 6.99. The number of hydrogen-bond acceptors (Lipinski definition) is 0. The zero-order chi connectivity index (χ0) is 8.39. The largest absolute Gasteiger partial charge is 0.323 e. The molecule has 2 rings (SSSR count). The lowest BCUT2D eigenvalue weighted by molar-refractivity contribution is 1.07. The highest BCUT2D eigenvalue weighted by Gasteiger charge is 1.92. The Morgan fingerprint density at radius 2 is 1.92 bits per heavy atom. The van der Waals surface area contributed by atoms with Gasteiger partial charge in [0.05, 0.1) is 5.69 Å². The Morgan fingerprint density at radius 1 is 1.17 bits per heavy atom. The summed E-state index contributed by atoms with van der Waals surface area (Å²) in [6, 6.07) is 13.4. The second-order valence-corrected chi connectivity index (χ2v) is 2.84. The van der Waals surface area contributed by atoms with Gasteiger partial charge in [-0.15, -0.1) is 0 Å². The second kappa shape index (κ2) is 2.86. The molecule has 0 spiro atoms. The summed E-state index contributed by atoms with van der Waals surface area (Å²) in [7, 11) is 0. The highest BCUT2D eigenvalue weighted by molar-refractivity contribution is 5.33. The molecule has 0 saturated carbocycles. The summed E-state index contributed by atoms with van der Waals surface area (Å²) in [5, 5.41) is 0. The lowest BCUT2D eigenvalue weighted by atomic mass is 10.2. The van der Waals surface area contributed by atoms with E-state index in [1.54, 1.807) is 0 Å². The van der Waals surface area contributed by atoms with Crippen molar-refractivity contribution < 1.29 is 0 Å². The summed E-state index contributed by atoms with van der Waals surface area (Å²) in [6.45, 7) is 2.07. The fourth-order valence-electron chi connectivity index (χ4n) is 1.15. The Bertz CT molecular complexity index is 343. The van der Waals surface area contributed by atoms with E-state index in [0.717, 1.165) is 5.69 Å². The fraction of sp³-hybridized carbons (Fsp3) is 0.0909. The molecule has 0 aliphatic rings. The van der Waals surface area contributed by atoms with E-state index < -0.39 is 0 Å². The minimum atomic E-state index is 1.09. The van der Waals surface area contributed by atoms with Gasteiger partial charge in [0.1, 0.15) is 0 Å². The maximum absolute atomic E-state index is 3.20. The minimum absolute atomic E-state index is 1.09. The van der Waals surface area contributed by atoms with Crippen molar-refractivity contribution in [1.82, 2.24) is 4.57 Å². The van der Waals surface area contributed by atoms with Crippen LogP contribution in [0.15, 0.2) is 42.7 Å². The molecular formula is C11H10N. The molecule has 0 saturated heterocycles. The molecule has 0 amide bonds. The van der Waals surface area contributed by atoms with Crippen LogP contribution in [0.2, 0.25) is 0 Å². The van der Waals surface area contributed by atoms with Crippen molar-refractivity contribution >= 4 is 0 Å². The van der Waals surface area contributed by atoms with E-state index in [-0.39, 0.29) is 0 Å². The van der Waals surface area contributed by atoms with Crippen molar-refractivity contribution in [3.8, 4) is 5.69 Å². The molecule has 0 atom stereocenters. The van der Waals surface area contributed by atoms with Gasteiger partial charge in [-0.3, -0.25) is 0 Å². The highest BCUT2D eigenvalue weighted by atomic mass is 14.9. The fourth-order valence-corrected chi connectivity index (χ4v) is 1.15. The number of hydrogen-bond donors (Lipinski definition) is 0. The Morgan fingerprint density at radius 3 is 2.50 bits per heavy atom. The van der Waals surface area contributed by atoms with Crippen molar-refractivity contribution in [1.29, 1.82) is 0 Å². The van der Waals surface area contributed by atoms with E-state index in [0.29, 0.717) is 0 Å². The van der Waals surface area contributed by atoms with Crippen molar-refractivity contribution in [2.24, 2.45) is 0 Å². The van der Waals surface area contributed by atoms with Gasteiger partial charge in [-0.1, -0.05) is 11.6 Å². The maximum Gasteiger partial charge on any atom is 0.0528 e. The van der Waals surface area contributed by atoms with Gasteiger partial charge < -0.3 is 4.57 Å². The van der Waals surface area contributed by atoms with Crippen LogP contribution in [0, 0.1) is 13.0 Å². The van der Waals surface area contributed by atoms with Crippen molar-refractivity contribution in [2.75, 3.05) is 0 Å². The third-order valence-corrected chi connectivity index (χ3v) is 1.83. The van der Waals surface area contributed by atoms with Gasteiger partial charge in [-0.2, -0.15) is 0 Å². The molecule has 0 bridgehead atoms. The van der Waals surface area contributed by atoms with Crippen LogP contribution in [-0.2, 0) is 0 Å². The van der Waals surface area contributed by atoms with Crippen LogP contribution < -0.4 is 0 Å². The molecule has 1 aromatic heterocycles. The molecule has 59 valence electrons. The molecule has 1 aromatic carbocycles. The predicted molar refractivity (Wildman–Crippen MR) is 49.3 cm³/mol. The molecule has 0 N–H and O–H groups in total. The van der Waals surface area contributed by atoms with Gasteiger partial charge in [-0.25, -0.2) is 0 Å². The smallest absolute Gasteiger partial charge is 0.0528 e. The Hall–Kier alpha value is -1.50. The number of nitrogens with zero attached hydrogens (tertiary/aromatic N) is 1. The maximum atomic E-state index is 3.20. The summed E-state index contributed by atoms with van der Waals surface area (Å²) in [4.78, 5) is 0. The molecule has 2 aromatic rings. The van der Waals surface area contributed by atoms with Crippen LogP contribution in [0.3, 0.4) is 0 Å². The molecule has 1 radical (unpaired) electrons. The van der Waals surface area contributed by atoms with Crippen LogP contribution in [0.1, 0.15) is 5.56 Å². The lowest BCUT2D eigenvalue weighted by Crippen LogP contribution is -1.88. The van der Waals surface area contributed by atoms with E-state index in [9.17, 15) is 0 Å². The van der Waals surface area contributed by atoms with Gasteiger partial charge in [0.2, 0.25) is 0 Å². The molecule has 0 unspecified atom stereocenters. The van der Waals surface area contributed by atoms with Gasteiger partial charge >= 0.3 is 0 Å². The average Bonchev–Trinajstić information content (AvgIpc) is 2.58.